The molecule has 2 aliphatic rings. The van der Waals surface area contributed by atoms with E-state index in [1.54, 1.807) is 19.1 Å². The third kappa shape index (κ3) is 7.43. The van der Waals surface area contributed by atoms with Gasteiger partial charge in [0.05, 0.1) is 6.04 Å². The Hall–Kier alpha value is -2.64. The molecule has 1 N–H and O–H groups in total. The van der Waals surface area contributed by atoms with Crippen molar-refractivity contribution < 1.29 is 18.0 Å². The third-order valence-electron chi connectivity index (χ3n) is 6.43. The molecule has 0 bridgehead atoms. The van der Waals surface area contributed by atoms with Gasteiger partial charge in [0, 0.05) is 36.5 Å². The van der Waals surface area contributed by atoms with E-state index in [0.717, 1.165) is 18.0 Å². The topological polar surface area (TPSA) is 57.1 Å². The highest BCUT2D eigenvalue weighted by molar-refractivity contribution is 6.04. The molecule has 0 aromatic heterocycles. The van der Waals surface area contributed by atoms with Crippen LogP contribution in [0.15, 0.2) is 46.0 Å². The van der Waals surface area contributed by atoms with Gasteiger partial charge >= 0.3 is 6.18 Å². The smallest absolute Gasteiger partial charge is 0.322 e. The van der Waals surface area contributed by atoms with Crippen molar-refractivity contribution >= 4 is 23.0 Å². The van der Waals surface area contributed by atoms with Crippen molar-refractivity contribution in [3.8, 4) is 0 Å². The lowest BCUT2D eigenvalue weighted by atomic mass is 9.79. The summed E-state index contributed by atoms with van der Waals surface area (Å²) in [6.07, 6.45) is -1.97. The normalized spacial score (nSPS) is 23.2. The van der Waals surface area contributed by atoms with Crippen molar-refractivity contribution in [1.82, 2.24) is 5.01 Å². The van der Waals surface area contributed by atoms with Crippen LogP contribution in [0.25, 0.3) is 0 Å². The standard InChI is InChI=1S/C17H20F3N3O.C9H17N/c1-10-5-7-13(8-6-10)21-16(24)11(2)9-14-12(3)23(4)22-15(14)17(18,19)20;1-7-5-8(6-10-7)9(2,3)4/h5-9,12,14H,1-4H3,(H,21,24);8H,5-6H2,1-4H3/b11-9+;. The minimum atomic E-state index is -4.52. The molecule has 3 atom stereocenters. The van der Waals surface area contributed by atoms with E-state index in [1.807, 2.05) is 19.1 Å². The maximum atomic E-state index is 13.1. The molecule has 1 amide bonds. The lowest BCUT2D eigenvalue weighted by Gasteiger charge is -2.25. The van der Waals surface area contributed by atoms with Gasteiger partial charge in [0.2, 0.25) is 0 Å². The molecule has 0 saturated carbocycles. The van der Waals surface area contributed by atoms with Gasteiger partial charge in [0.1, 0.15) is 0 Å². The lowest BCUT2D eigenvalue weighted by Crippen LogP contribution is -2.33. The zero-order chi connectivity index (χ0) is 25.8. The average Bonchev–Trinajstić information content (AvgIpc) is 3.28. The molecular formula is C26H37F3N4O. The van der Waals surface area contributed by atoms with Crippen LogP contribution in [0.4, 0.5) is 18.9 Å². The van der Waals surface area contributed by atoms with Gasteiger partial charge in [0.15, 0.2) is 5.71 Å². The molecular weight excluding hydrogens is 441 g/mol. The molecule has 0 spiro atoms. The minimum Gasteiger partial charge on any atom is -0.322 e. The van der Waals surface area contributed by atoms with Gasteiger partial charge in [-0.15, -0.1) is 0 Å². The molecule has 3 rings (SSSR count). The van der Waals surface area contributed by atoms with E-state index in [-0.39, 0.29) is 5.57 Å². The van der Waals surface area contributed by atoms with Crippen LogP contribution in [0.2, 0.25) is 0 Å². The lowest BCUT2D eigenvalue weighted by molar-refractivity contribution is -0.112. The van der Waals surface area contributed by atoms with Gasteiger partial charge < -0.3 is 5.32 Å². The molecule has 0 fully saturated rings. The van der Waals surface area contributed by atoms with E-state index in [4.69, 9.17) is 0 Å². The molecule has 0 aliphatic carbocycles. The van der Waals surface area contributed by atoms with Gasteiger partial charge in [-0.05, 0) is 57.6 Å². The Kier molecular flexibility index (Phi) is 8.72. The van der Waals surface area contributed by atoms with E-state index in [0.29, 0.717) is 11.1 Å². The quantitative estimate of drug-likeness (QED) is 0.521. The number of aryl methyl sites for hydroxylation is 1. The van der Waals surface area contributed by atoms with Crippen LogP contribution in [-0.4, -0.2) is 48.2 Å². The Morgan fingerprint density at radius 1 is 1.15 bits per heavy atom. The number of alkyl halides is 3. The van der Waals surface area contributed by atoms with Crippen LogP contribution in [0.5, 0.6) is 0 Å². The summed E-state index contributed by atoms with van der Waals surface area (Å²) in [5, 5.41) is 7.53. The summed E-state index contributed by atoms with van der Waals surface area (Å²) in [4.78, 5) is 16.6. The summed E-state index contributed by atoms with van der Waals surface area (Å²) in [5.74, 6) is -0.617. The number of aliphatic imine (C=N–C) groups is 1. The first-order valence-corrected chi connectivity index (χ1v) is 11.5. The van der Waals surface area contributed by atoms with Crippen molar-refractivity contribution in [3.05, 3.63) is 41.5 Å². The second-order valence-corrected chi connectivity index (χ2v) is 10.3. The maximum absolute atomic E-state index is 13.1. The molecule has 188 valence electrons. The number of hydrazone groups is 1. The van der Waals surface area contributed by atoms with Crippen molar-refractivity contribution in [3.63, 3.8) is 0 Å². The second kappa shape index (κ2) is 10.7. The Labute approximate surface area is 201 Å². The first-order valence-electron chi connectivity index (χ1n) is 11.5. The van der Waals surface area contributed by atoms with Crippen molar-refractivity contribution in [1.29, 1.82) is 0 Å². The summed E-state index contributed by atoms with van der Waals surface area (Å²) < 4.78 is 39.3. The van der Waals surface area contributed by atoms with Gasteiger partial charge in [0.25, 0.3) is 5.91 Å². The molecule has 2 heterocycles. The zero-order valence-corrected chi connectivity index (χ0v) is 21.4. The molecule has 0 saturated heterocycles. The van der Waals surface area contributed by atoms with E-state index >= 15 is 0 Å². The number of hydrogen-bond acceptors (Lipinski definition) is 4. The molecule has 3 unspecified atom stereocenters. The number of nitrogens with one attached hydrogen (secondary N) is 1. The van der Waals surface area contributed by atoms with Gasteiger partial charge in [-0.1, -0.05) is 44.5 Å². The summed E-state index contributed by atoms with van der Waals surface area (Å²) >= 11 is 0. The summed E-state index contributed by atoms with van der Waals surface area (Å²) in [6, 6.07) is 6.71. The third-order valence-corrected chi connectivity index (χ3v) is 6.43. The zero-order valence-electron chi connectivity index (χ0n) is 21.4. The highest BCUT2D eigenvalue weighted by atomic mass is 19.4. The van der Waals surface area contributed by atoms with Crippen LogP contribution in [0.1, 0.15) is 53.5 Å². The van der Waals surface area contributed by atoms with Gasteiger partial charge in [-0.2, -0.15) is 18.3 Å². The largest absolute Gasteiger partial charge is 0.431 e. The summed E-state index contributed by atoms with van der Waals surface area (Å²) in [6.45, 7) is 15.1. The Bertz CT molecular complexity index is 956. The predicted molar refractivity (Wildman–Crippen MR) is 133 cm³/mol. The minimum absolute atomic E-state index is 0.222. The fraction of sp³-hybridized carbons (Fsp3) is 0.577. The molecule has 0 radical (unpaired) electrons. The van der Waals surface area contributed by atoms with E-state index in [9.17, 15) is 18.0 Å². The number of halogens is 3. The fourth-order valence-corrected chi connectivity index (χ4v) is 3.80. The fourth-order valence-electron chi connectivity index (χ4n) is 3.80. The number of carbonyl (C=O) groups excluding carboxylic acids is 1. The van der Waals surface area contributed by atoms with E-state index < -0.39 is 29.8 Å². The highest BCUT2D eigenvalue weighted by Gasteiger charge is 2.47. The van der Waals surface area contributed by atoms with Crippen LogP contribution in [-0.2, 0) is 4.79 Å². The van der Waals surface area contributed by atoms with E-state index in [1.165, 1.54) is 37.2 Å². The number of amides is 1. The van der Waals surface area contributed by atoms with E-state index in [2.05, 4.69) is 43.1 Å². The van der Waals surface area contributed by atoms with Crippen molar-refractivity contribution in [2.45, 2.75) is 67.1 Å². The number of nitrogens with zero attached hydrogens (tertiary/aromatic N) is 3. The molecule has 1 aromatic carbocycles. The van der Waals surface area contributed by atoms with Gasteiger partial charge in [-0.3, -0.25) is 14.8 Å². The average molecular weight is 479 g/mol. The maximum Gasteiger partial charge on any atom is 0.431 e. The number of benzene rings is 1. The summed E-state index contributed by atoms with van der Waals surface area (Å²) in [7, 11) is 1.49. The Morgan fingerprint density at radius 2 is 1.74 bits per heavy atom. The van der Waals surface area contributed by atoms with Crippen LogP contribution in [0, 0.1) is 24.2 Å². The molecule has 2 aliphatic heterocycles. The molecule has 8 heteroatoms. The Balaban J connectivity index is 0.000000340. The number of carbonyl (C=O) groups is 1. The SMILES string of the molecule is C/C(=C\C1C(C(F)(F)F)=NN(C)C1C)C(=O)Nc1ccc(C)cc1.CC1=NCC(C(C)(C)C)C1. The number of rotatable bonds is 3. The van der Waals surface area contributed by atoms with Crippen LogP contribution < -0.4 is 5.32 Å². The summed E-state index contributed by atoms with van der Waals surface area (Å²) in [5.41, 5.74) is 2.77. The van der Waals surface area contributed by atoms with Crippen molar-refractivity contribution in [2.24, 2.45) is 27.3 Å². The van der Waals surface area contributed by atoms with Crippen LogP contribution in [0.3, 0.4) is 0 Å². The predicted octanol–water partition coefficient (Wildman–Crippen LogP) is 6.26. The number of anilines is 1. The first kappa shape index (κ1) is 27.6. The Morgan fingerprint density at radius 3 is 2.18 bits per heavy atom. The second-order valence-electron chi connectivity index (χ2n) is 10.3. The number of hydrogen-bond donors (Lipinski definition) is 1. The molecule has 1 aromatic rings. The monoisotopic (exact) mass is 478 g/mol. The van der Waals surface area contributed by atoms with Crippen LogP contribution >= 0.6 is 0 Å². The first-order chi connectivity index (χ1) is 15.6. The van der Waals surface area contributed by atoms with Crippen molar-refractivity contribution in [2.75, 3.05) is 18.9 Å². The molecule has 34 heavy (non-hydrogen) atoms. The highest BCUT2D eigenvalue weighted by Crippen LogP contribution is 2.33. The van der Waals surface area contributed by atoms with Gasteiger partial charge in [-0.25, -0.2) is 0 Å². The molecule has 5 nitrogen and oxygen atoms in total.